The highest BCUT2D eigenvalue weighted by Gasteiger charge is 2.19. The largest absolute Gasteiger partial charge is 0.464 e. The number of methoxy groups -OCH3 is 2. The van der Waals surface area contributed by atoms with Crippen molar-refractivity contribution in [3.05, 3.63) is 143 Å². The summed E-state index contributed by atoms with van der Waals surface area (Å²) >= 11 is 3.47. The van der Waals surface area contributed by atoms with Crippen molar-refractivity contribution in [2.45, 2.75) is 12.3 Å². The number of fused-ring (bicyclic) bond motifs is 2. The molecule has 0 unspecified atom stereocenters. The predicted octanol–water partition coefficient (Wildman–Crippen LogP) is 7.75. The number of hydrogen-bond acceptors (Lipinski definition) is 8. The second-order valence-electron chi connectivity index (χ2n) is 10.6. The van der Waals surface area contributed by atoms with Gasteiger partial charge in [0.25, 0.3) is 11.8 Å². The van der Waals surface area contributed by atoms with Gasteiger partial charge < -0.3 is 20.1 Å². The molecule has 2 aromatic heterocycles. The summed E-state index contributed by atoms with van der Waals surface area (Å²) in [5.41, 5.74) is 4.04. The van der Waals surface area contributed by atoms with Crippen molar-refractivity contribution >= 4 is 72.6 Å². The fourth-order valence-corrected chi connectivity index (χ4v) is 5.72. The number of anilines is 2. The molecule has 0 fully saturated rings. The first-order chi connectivity index (χ1) is 23.8. The maximum atomic E-state index is 12.8. The van der Waals surface area contributed by atoms with Crippen LogP contribution in [0.25, 0.3) is 21.5 Å². The number of alkyl halides is 1. The average molecular weight is 720 g/mol. The fraction of sp³-hybridized carbons (Fsp3) is 0.105. The van der Waals surface area contributed by atoms with Crippen LogP contribution in [0.2, 0.25) is 0 Å². The third-order valence-electron chi connectivity index (χ3n) is 7.66. The molecular formula is C38H31BrN4O6. The highest BCUT2D eigenvalue weighted by atomic mass is 79.9. The van der Waals surface area contributed by atoms with Gasteiger partial charge in [0.1, 0.15) is 0 Å². The van der Waals surface area contributed by atoms with Crippen molar-refractivity contribution in [3.63, 3.8) is 0 Å². The van der Waals surface area contributed by atoms with Gasteiger partial charge in [-0.25, -0.2) is 19.6 Å². The monoisotopic (exact) mass is 718 g/mol. The molecule has 49 heavy (non-hydrogen) atoms. The van der Waals surface area contributed by atoms with Crippen molar-refractivity contribution in [2.75, 3.05) is 24.9 Å². The molecule has 0 aliphatic rings. The van der Waals surface area contributed by atoms with E-state index >= 15 is 0 Å². The number of esters is 2. The van der Waals surface area contributed by atoms with Crippen molar-refractivity contribution in [2.24, 2.45) is 0 Å². The third-order valence-corrected chi connectivity index (χ3v) is 8.26. The number of ether oxygens (including phenoxy) is 2. The number of rotatable bonds is 7. The molecule has 2 amide bonds. The van der Waals surface area contributed by atoms with Crippen molar-refractivity contribution in [1.82, 2.24) is 9.97 Å². The molecule has 0 atom stereocenters. The topological polar surface area (TPSA) is 137 Å². The van der Waals surface area contributed by atoms with Gasteiger partial charge in [-0.2, -0.15) is 0 Å². The number of aromatic nitrogens is 2. The Kier molecular flexibility index (Phi) is 11.1. The van der Waals surface area contributed by atoms with E-state index in [1.165, 1.54) is 26.6 Å². The summed E-state index contributed by atoms with van der Waals surface area (Å²) in [5, 5.41) is 9.94. The Morgan fingerprint density at radius 2 is 1.04 bits per heavy atom. The summed E-state index contributed by atoms with van der Waals surface area (Å²) in [7, 11) is 2.55. The van der Waals surface area contributed by atoms with Crippen LogP contribution in [0.4, 0.5) is 11.4 Å². The molecule has 0 aliphatic heterocycles. The minimum Gasteiger partial charge on any atom is -0.464 e. The van der Waals surface area contributed by atoms with E-state index in [2.05, 4.69) is 36.5 Å². The Hall–Kier alpha value is -5.94. The van der Waals surface area contributed by atoms with Crippen LogP contribution in [0.15, 0.2) is 109 Å². The summed E-state index contributed by atoms with van der Waals surface area (Å²) < 4.78 is 9.40. The Bertz CT molecular complexity index is 2200. The molecule has 2 N–H and O–H groups in total. The predicted molar refractivity (Wildman–Crippen MR) is 192 cm³/mol. The van der Waals surface area contributed by atoms with Gasteiger partial charge in [0.05, 0.1) is 25.6 Å². The summed E-state index contributed by atoms with van der Waals surface area (Å²) in [6, 6.07) is 29.3. The van der Waals surface area contributed by atoms with Gasteiger partial charge in [-0.05, 0) is 76.0 Å². The highest BCUT2D eigenvalue weighted by Crippen LogP contribution is 2.27. The smallest absolute Gasteiger partial charge is 0.358 e. The number of benzene rings is 4. The van der Waals surface area contributed by atoms with E-state index in [9.17, 15) is 19.2 Å². The molecule has 10 nitrogen and oxygen atoms in total. The van der Waals surface area contributed by atoms with E-state index in [1.807, 2.05) is 67.6 Å². The van der Waals surface area contributed by atoms with E-state index in [0.717, 1.165) is 32.7 Å². The van der Waals surface area contributed by atoms with Crippen molar-refractivity contribution in [1.29, 1.82) is 0 Å². The number of nitrogens with zero attached hydrogens (tertiary/aromatic N) is 2. The summed E-state index contributed by atoms with van der Waals surface area (Å²) in [6.45, 7) is 2.00. The minimum atomic E-state index is -0.601. The minimum absolute atomic E-state index is 0.0692. The van der Waals surface area contributed by atoms with Crippen LogP contribution in [0.3, 0.4) is 0 Å². The van der Waals surface area contributed by atoms with Gasteiger partial charge in [0, 0.05) is 28.9 Å². The van der Waals surface area contributed by atoms with Crippen LogP contribution in [-0.2, 0) is 14.8 Å². The molecule has 0 aliphatic carbocycles. The number of amides is 2. The van der Waals surface area contributed by atoms with E-state index in [4.69, 9.17) is 9.47 Å². The molecule has 0 radical (unpaired) electrons. The number of carbonyl (C=O) groups excluding carboxylic acids is 4. The van der Waals surface area contributed by atoms with Crippen LogP contribution in [-0.4, -0.2) is 47.9 Å². The van der Waals surface area contributed by atoms with E-state index in [-0.39, 0.29) is 23.2 Å². The normalized spacial score (nSPS) is 10.4. The summed E-state index contributed by atoms with van der Waals surface area (Å²) in [6.07, 6.45) is 2.95. The van der Waals surface area contributed by atoms with Gasteiger partial charge >= 0.3 is 11.9 Å². The molecule has 0 saturated heterocycles. The van der Waals surface area contributed by atoms with Crippen molar-refractivity contribution in [3.8, 4) is 0 Å². The zero-order chi connectivity index (χ0) is 34.9. The van der Waals surface area contributed by atoms with E-state index in [1.54, 1.807) is 36.4 Å². The first kappa shape index (κ1) is 34.4. The quantitative estimate of drug-likeness (QED) is 0.126. The molecular weight excluding hydrogens is 688 g/mol. The molecule has 2 heterocycles. The SMILES string of the molecule is COC(=O)c1ncccc1NC(=O)c1ccc(C)c2ccccc12.COC(=O)c1ncccc1NC(=O)c1ccc(CBr)c2ccccc12. The molecule has 11 heteroatoms. The molecule has 0 saturated carbocycles. The Balaban J connectivity index is 0.000000191. The standard InChI is InChI=1S/C19H15BrN2O3.C19H16N2O3/c1-25-19(24)17-16(7-4-10-21-17)22-18(23)15-9-8-12(11-20)13-5-2-3-6-14(13)15;1-12-9-10-15(14-7-4-3-6-13(12)14)18(22)21-16-8-5-11-20-17(16)19(23)24-2/h2-10H,11H2,1H3,(H,22,23);3-11H,1-2H3,(H,21,22). The lowest BCUT2D eigenvalue weighted by atomic mass is 10.00. The number of hydrogen-bond donors (Lipinski definition) is 2. The van der Waals surface area contributed by atoms with Crippen LogP contribution in [0, 0.1) is 6.92 Å². The van der Waals surface area contributed by atoms with Crippen LogP contribution < -0.4 is 10.6 Å². The molecule has 0 bridgehead atoms. The maximum absolute atomic E-state index is 12.8. The molecule has 6 aromatic rings. The van der Waals surface area contributed by atoms with Gasteiger partial charge in [-0.15, -0.1) is 0 Å². The van der Waals surface area contributed by atoms with Gasteiger partial charge in [-0.3, -0.25) is 9.59 Å². The lowest BCUT2D eigenvalue weighted by Gasteiger charge is -2.12. The van der Waals surface area contributed by atoms with Crippen LogP contribution in [0.1, 0.15) is 52.8 Å². The van der Waals surface area contributed by atoms with E-state index in [0.29, 0.717) is 27.8 Å². The third kappa shape index (κ3) is 7.63. The number of nitrogens with one attached hydrogen (secondary N) is 2. The first-order valence-corrected chi connectivity index (χ1v) is 16.1. The Morgan fingerprint density at radius 1 is 0.592 bits per heavy atom. The lowest BCUT2D eigenvalue weighted by molar-refractivity contribution is 0.0586. The number of carbonyl (C=O) groups is 4. The van der Waals surface area contributed by atoms with Crippen LogP contribution in [0.5, 0.6) is 0 Å². The number of halogens is 1. The zero-order valence-corrected chi connectivity index (χ0v) is 28.4. The maximum Gasteiger partial charge on any atom is 0.358 e. The Labute approximate surface area is 290 Å². The van der Waals surface area contributed by atoms with E-state index < -0.39 is 11.9 Å². The van der Waals surface area contributed by atoms with Gasteiger partial charge in [0.15, 0.2) is 11.4 Å². The lowest BCUT2D eigenvalue weighted by Crippen LogP contribution is -2.16. The number of pyridine rings is 2. The van der Waals surface area contributed by atoms with Crippen LogP contribution >= 0.6 is 15.9 Å². The molecule has 6 rings (SSSR count). The summed E-state index contributed by atoms with van der Waals surface area (Å²) in [5.74, 6) is -1.81. The van der Waals surface area contributed by atoms with Crippen molar-refractivity contribution < 1.29 is 28.7 Å². The second kappa shape index (κ2) is 15.8. The fourth-order valence-electron chi connectivity index (χ4n) is 5.23. The average Bonchev–Trinajstić information content (AvgIpc) is 3.14. The first-order valence-electron chi connectivity index (χ1n) is 15.0. The number of aryl methyl sites for hydroxylation is 1. The second-order valence-corrected chi connectivity index (χ2v) is 11.2. The molecule has 4 aromatic carbocycles. The van der Waals surface area contributed by atoms with Gasteiger partial charge in [-0.1, -0.05) is 76.6 Å². The van der Waals surface area contributed by atoms with Gasteiger partial charge in [0.2, 0.25) is 0 Å². The molecule has 246 valence electrons. The highest BCUT2D eigenvalue weighted by molar-refractivity contribution is 9.08. The zero-order valence-electron chi connectivity index (χ0n) is 26.8. The molecule has 0 spiro atoms. The Morgan fingerprint density at radius 3 is 1.53 bits per heavy atom. The summed E-state index contributed by atoms with van der Waals surface area (Å²) in [4.78, 5) is 57.1.